The number of amides is 2. The molecule has 0 bridgehead atoms. The lowest BCUT2D eigenvalue weighted by atomic mass is 10.2. The van der Waals surface area contributed by atoms with E-state index in [4.69, 9.17) is 21.1 Å². The van der Waals surface area contributed by atoms with Crippen molar-refractivity contribution in [1.82, 2.24) is 4.90 Å². The minimum atomic E-state index is -0.659. The van der Waals surface area contributed by atoms with E-state index in [1.54, 1.807) is 18.2 Å². The summed E-state index contributed by atoms with van der Waals surface area (Å²) in [5.41, 5.74) is 0.904. The number of cyclic esters (lactones) is 1. The Bertz CT molecular complexity index is 1020. The van der Waals surface area contributed by atoms with E-state index >= 15 is 0 Å². The van der Waals surface area contributed by atoms with Crippen LogP contribution >= 0.6 is 23.4 Å². The number of carbonyl (C=O) groups is 3. The SMILES string of the molecule is O=C1CN(Cc2cccc(OCC3CN(c4ccc(Cl)cc4F)C(=O)O3)c2)C(=O)S1. The summed E-state index contributed by atoms with van der Waals surface area (Å²) in [6.07, 6.45) is -1.24. The molecule has 2 aliphatic heterocycles. The van der Waals surface area contributed by atoms with Crippen LogP contribution < -0.4 is 9.64 Å². The summed E-state index contributed by atoms with van der Waals surface area (Å²) >= 11 is 6.46. The molecule has 0 saturated carbocycles. The summed E-state index contributed by atoms with van der Waals surface area (Å²) in [6, 6.07) is 11.2. The molecule has 30 heavy (non-hydrogen) atoms. The second kappa shape index (κ2) is 8.53. The van der Waals surface area contributed by atoms with Crippen LogP contribution in [-0.2, 0) is 16.1 Å². The number of carbonyl (C=O) groups excluding carboxylic acids is 3. The number of hydrogen-bond acceptors (Lipinski definition) is 6. The first-order valence-electron chi connectivity index (χ1n) is 9.03. The first-order chi connectivity index (χ1) is 14.4. The van der Waals surface area contributed by atoms with Crippen LogP contribution in [0.1, 0.15) is 5.56 Å². The van der Waals surface area contributed by atoms with Crippen molar-refractivity contribution in [2.24, 2.45) is 0 Å². The average molecular weight is 451 g/mol. The lowest BCUT2D eigenvalue weighted by molar-refractivity contribution is -0.110. The molecule has 1 atom stereocenters. The van der Waals surface area contributed by atoms with E-state index in [0.717, 1.165) is 11.6 Å². The van der Waals surface area contributed by atoms with E-state index < -0.39 is 18.0 Å². The van der Waals surface area contributed by atoms with Crippen molar-refractivity contribution in [2.75, 3.05) is 24.6 Å². The maximum absolute atomic E-state index is 14.1. The van der Waals surface area contributed by atoms with Crippen molar-refractivity contribution in [3.63, 3.8) is 0 Å². The van der Waals surface area contributed by atoms with Gasteiger partial charge in [0.05, 0.1) is 18.8 Å². The van der Waals surface area contributed by atoms with Gasteiger partial charge < -0.3 is 14.4 Å². The predicted molar refractivity (Wildman–Crippen MR) is 109 cm³/mol. The maximum Gasteiger partial charge on any atom is 0.414 e. The van der Waals surface area contributed by atoms with Crippen molar-refractivity contribution in [3.05, 3.63) is 58.9 Å². The van der Waals surface area contributed by atoms with Crippen LogP contribution in [0.5, 0.6) is 5.75 Å². The van der Waals surface area contributed by atoms with Crippen LogP contribution in [0.2, 0.25) is 5.02 Å². The highest BCUT2D eigenvalue weighted by Crippen LogP contribution is 2.28. The first-order valence-corrected chi connectivity index (χ1v) is 10.2. The van der Waals surface area contributed by atoms with Crippen molar-refractivity contribution < 1.29 is 28.2 Å². The fraction of sp³-hybridized carbons (Fsp3) is 0.250. The van der Waals surface area contributed by atoms with Crippen LogP contribution in [0.25, 0.3) is 0 Å². The van der Waals surface area contributed by atoms with Gasteiger partial charge in [-0.3, -0.25) is 14.5 Å². The Morgan fingerprint density at radius 3 is 2.77 bits per heavy atom. The molecule has 2 heterocycles. The van der Waals surface area contributed by atoms with Gasteiger partial charge in [0.2, 0.25) is 5.12 Å². The lowest BCUT2D eigenvalue weighted by Gasteiger charge is -2.15. The van der Waals surface area contributed by atoms with E-state index in [9.17, 15) is 18.8 Å². The molecule has 0 aliphatic carbocycles. The molecule has 156 valence electrons. The predicted octanol–water partition coefficient (Wildman–Crippen LogP) is 4.08. The van der Waals surface area contributed by atoms with Gasteiger partial charge in [-0.1, -0.05) is 23.7 Å². The fourth-order valence-electron chi connectivity index (χ4n) is 3.18. The molecular formula is C20H16ClFN2O5S. The number of anilines is 1. The zero-order valence-corrected chi connectivity index (χ0v) is 17.1. The molecule has 0 N–H and O–H groups in total. The maximum atomic E-state index is 14.1. The smallest absolute Gasteiger partial charge is 0.414 e. The Balaban J connectivity index is 1.35. The molecule has 2 aromatic rings. The zero-order valence-electron chi connectivity index (χ0n) is 15.5. The number of thioether (sulfide) groups is 1. The molecule has 2 saturated heterocycles. The lowest BCUT2D eigenvalue weighted by Crippen LogP contribution is -2.27. The summed E-state index contributed by atoms with van der Waals surface area (Å²) < 4.78 is 25.1. The number of nitrogens with zero attached hydrogens (tertiary/aromatic N) is 2. The van der Waals surface area contributed by atoms with Gasteiger partial charge in [-0.05, 0) is 35.9 Å². The molecule has 2 aliphatic rings. The van der Waals surface area contributed by atoms with Crippen LogP contribution in [0.15, 0.2) is 42.5 Å². The van der Waals surface area contributed by atoms with Crippen molar-refractivity contribution in [1.29, 1.82) is 0 Å². The summed E-state index contributed by atoms with van der Waals surface area (Å²) in [5, 5.41) is -0.196. The molecule has 0 radical (unpaired) electrons. The monoisotopic (exact) mass is 450 g/mol. The van der Waals surface area contributed by atoms with Gasteiger partial charge in [-0.2, -0.15) is 0 Å². The minimum absolute atomic E-state index is 0.0812. The first kappa shape index (κ1) is 20.5. The number of rotatable bonds is 6. The van der Waals surface area contributed by atoms with E-state index in [0.29, 0.717) is 24.1 Å². The quantitative estimate of drug-likeness (QED) is 0.660. The van der Waals surface area contributed by atoms with E-state index in [-0.39, 0.29) is 40.8 Å². The molecule has 2 fully saturated rings. The van der Waals surface area contributed by atoms with Crippen LogP contribution in [-0.4, -0.2) is 47.1 Å². The molecule has 1 unspecified atom stereocenters. The standard InChI is InChI=1S/C20H16ClFN2O5S/c21-13-4-5-17(16(22)7-13)24-9-15(29-19(24)26)11-28-14-3-1-2-12(6-14)8-23-10-18(25)30-20(23)27/h1-7,15H,8-11H2. The number of hydrogen-bond donors (Lipinski definition) is 0. The van der Waals surface area contributed by atoms with Crippen LogP contribution in [0.4, 0.5) is 19.7 Å². The van der Waals surface area contributed by atoms with Crippen LogP contribution in [0.3, 0.4) is 0 Å². The Morgan fingerprint density at radius 2 is 2.03 bits per heavy atom. The largest absolute Gasteiger partial charge is 0.490 e. The molecule has 2 aromatic carbocycles. The third-order valence-corrected chi connectivity index (χ3v) is 5.59. The Morgan fingerprint density at radius 1 is 1.20 bits per heavy atom. The van der Waals surface area contributed by atoms with E-state index in [1.165, 1.54) is 21.9 Å². The Hall–Kier alpha value is -2.78. The molecule has 0 aromatic heterocycles. The zero-order chi connectivity index (χ0) is 21.3. The molecule has 7 nitrogen and oxygen atoms in total. The fourth-order valence-corrected chi connectivity index (χ4v) is 4.02. The summed E-state index contributed by atoms with van der Waals surface area (Å²) in [7, 11) is 0. The Labute approximate surface area is 180 Å². The third kappa shape index (κ3) is 4.52. The van der Waals surface area contributed by atoms with Crippen LogP contribution in [0, 0.1) is 5.82 Å². The average Bonchev–Trinajstić information content (AvgIpc) is 3.21. The number of benzene rings is 2. The van der Waals surface area contributed by atoms with Gasteiger partial charge in [0.25, 0.3) is 5.24 Å². The van der Waals surface area contributed by atoms with Gasteiger partial charge in [0.1, 0.15) is 18.2 Å². The van der Waals surface area contributed by atoms with Gasteiger partial charge in [-0.25, -0.2) is 9.18 Å². The Kier molecular flexibility index (Phi) is 5.83. The van der Waals surface area contributed by atoms with E-state index in [2.05, 4.69) is 0 Å². The van der Waals surface area contributed by atoms with Gasteiger partial charge in [0.15, 0.2) is 6.10 Å². The number of halogens is 2. The van der Waals surface area contributed by atoms with Crippen molar-refractivity contribution in [3.8, 4) is 5.75 Å². The highest BCUT2D eigenvalue weighted by Gasteiger charge is 2.34. The number of ether oxygens (including phenoxy) is 2. The third-order valence-electron chi connectivity index (χ3n) is 4.56. The van der Waals surface area contributed by atoms with Crippen molar-refractivity contribution >= 4 is 45.5 Å². The van der Waals surface area contributed by atoms with Gasteiger partial charge in [0, 0.05) is 23.3 Å². The molecule has 10 heteroatoms. The molecule has 4 rings (SSSR count). The normalized spacial score (nSPS) is 18.9. The van der Waals surface area contributed by atoms with Gasteiger partial charge in [-0.15, -0.1) is 0 Å². The highest BCUT2D eigenvalue weighted by molar-refractivity contribution is 8.26. The molecule has 0 spiro atoms. The highest BCUT2D eigenvalue weighted by atomic mass is 35.5. The second-order valence-electron chi connectivity index (χ2n) is 6.77. The van der Waals surface area contributed by atoms with Gasteiger partial charge >= 0.3 is 6.09 Å². The summed E-state index contributed by atoms with van der Waals surface area (Å²) in [4.78, 5) is 37.9. The summed E-state index contributed by atoms with van der Waals surface area (Å²) in [5.74, 6) is -0.0767. The van der Waals surface area contributed by atoms with E-state index in [1.807, 2.05) is 6.07 Å². The summed E-state index contributed by atoms with van der Waals surface area (Å²) in [6.45, 7) is 0.608. The second-order valence-corrected chi connectivity index (χ2v) is 8.21. The van der Waals surface area contributed by atoms with Crippen molar-refractivity contribution in [2.45, 2.75) is 12.6 Å². The molecular weight excluding hydrogens is 435 g/mol. The molecule has 2 amide bonds. The minimum Gasteiger partial charge on any atom is -0.490 e. The topological polar surface area (TPSA) is 76.2 Å².